The van der Waals surface area contributed by atoms with Crippen LogP contribution in [-0.2, 0) is 4.79 Å². The predicted molar refractivity (Wildman–Crippen MR) is 89.0 cm³/mol. The summed E-state index contributed by atoms with van der Waals surface area (Å²) in [6, 6.07) is 7.56. The molecule has 106 valence electrons. The summed E-state index contributed by atoms with van der Waals surface area (Å²) in [5.41, 5.74) is 0.604. The Morgan fingerprint density at radius 3 is 2.86 bits per heavy atom. The second-order valence-corrected chi connectivity index (χ2v) is 6.20. The van der Waals surface area contributed by atoms with E-state index in [1.54, 1.807) is 4.40 Å². The summed E-state index contributed by atoms with van der Waals surface area (Å²) in [7, 11) is 0. The molecule has 1 aromatic carbocycles. The third kappa shape index (κ3) is 3.08. The smallest absolute Gasteiger partial charge is 0.328 e. The average Bonchev–Trinajstić information content (AvgIpc) is 3.00. The van der Waals surface area contributed by atoms with E-state index in [0.717, 1.165) is 14.6 Å². The molecule has 0 aliphatic heterocycles. The van der Waals surface area contributed by atoms with E-state index in [-0.39, 0.29) is 0 Å². The van der Waals surface area contributed by atoms with Crippen LogP contribution in [0.15, 0.2) is 41.9 Å². The van der Waals surface area contributed by atoms with Crippen molar-refractivity contribution in [2.75, 3.05) is 0 Å². The van der Waals surface area contributed by atoms with Gasteiger partial charge in [-0.25, -0.2) is 4.79 Å². The third-order valence-electron chi connectivity index (χ3n) is 2.68. The van der Waals surface area contributed by atoms with E-state index >= 15 is 0 Å². The molecule has 1 N–H and O–H groups in total. The molecule has 2 heterocycles. The quantitative estimate of drug-likeness (QED) is 0.522. The zero-order valence-corrected chi connectivity index (χ0v) is 13.5. The number of aliphatic carboxylic acids is 1. The Kier molecular flexibility index (Phi) is 3.93. The van der Waals surface area contributed by atoms with Gasteiger partial charge in [0.05, 0.1) is 0 Å². The van der Waals surface area contributed by atoms with Crippen LogP contribution in [0.2, 0.25) is 0 Å². The number of carboxylic acid groups (broad SMARTS) is 1. The zero-order valence-electron chi connectivity index (χ0n) is 10.6. The molecule has 0 unspecified atom stereocenters. The first-order valence-electron chi connectivity index (χ1n) is 5.93. The normalized spacial score (nSPS) is 11.3. The van der Waals surface area contributed by atoms with Crippen molar-refractivity contribution in [1.82, 2.24) is 9.38 Å². The minimum atomic E-state index is -1.01. The average molecular weight is 412 g/mol. The molecule has 0 radical (unpaired) electrons. The number of benzene rings is 1. The van der Waals surface area contributed by atoms with Gasteiger partial charge in [0.1, 0.15) is 11.4 Å². The Bertz CT molecular complexity index is 820. The zero-order chi connectivity index (χ0) is 14.8. The maximum atomic E-state index is 10.7. The highest BCUT2D eigenvalue weighted by atomic mass is 127. The number of rotatable bonds is 4. The van der Waals surface area contributed by atoms with Gasteiger partial charge in [-0.2, -0.15) is 4.98 Å². The maximum absolute atomic E-state index is 10.7. The summed E-state index contributed by atoms with van der Waals surface area (Å²) in [5.74, 6) is 0.0343. The second-order valence-electron chi connectivity index (χ2n) is 4.09. The number of hydrogen-bond donors (Lipinski definition) is 1. The Hall–Kier alpha value is -1.87. The lowest BCUT2D eigenvalue weighted by Crippen LogP contribution is -1.91. The minimum absolute atomic E-state index is 0.389. The first kappa shape index (κ1) is 14.1. The minimum Gasteiger partial charge on any atom is -0.478 e. The molecule has 0 atom stereocenters. The van der Waals surface area contributed by atoms with E-state index in [9.17, 15) is 4.79 Å². The first-order valence-corrected chi connectivity index (χ1v) is 7.89. The van der Waals surface area contributed by atoms with E-state index < -0.39 is 5.97 Å². The molecule has 0 saturated carbocycles. The SMILES string of the molecule is O=C(O)/C=C/c1c(Oc2ccc(I)cc2)nc2sccn12. The molecule has 5 nitrogen and oxygen atoms in total. The number of ether oxygens (including phenoxy) is 1. The summed E-state index contributed by atoms with van der Waals surface area (Å²) in [4.78, 5) is 15.9. The number of thiazole rings is 1. The van der Waals surface area contributed by atoms with E-state index in [1.165, 1.54) is 17.4 Å². The first-order chi connectivity index (χ1) is 10.1. The van der Waals surface area contributed by atoms with Gasteiger partial charge in [0.15, 0.2) is 4.96 Å². The van der Waals surface area contributed by atoms with Crippen molar-refractivity contribution in [2.45, 2.75) is 0 Å². The van der Waals surface area contributed by atoms with Crippen LogP contribution in [0.25, 0.3) is 11.0 Å². The van der Waals surface area contributed by atoms with Crippen molar-refractivity contribution in [3.8, 4) is 11.6 Å². The summed E-state index contributed by atoms with van der Waals surface area (Å²) >= 11 is 3.67. The molecule has 0 saturated heterocycles. The summed E-state index contributed by atoms with van der Waals surface area (Å²) < 4.78 is 8.67. The van der Waals surface area contributed by atoms with Crippen LogP contribution in [-0.4, -0.2) is 20.5 Å². The molecule has 7 heteroatoms. The van der Waals surface area contributed by atoms with E-state index in [0.29, 0.717) is 17.3 Å². The fourth-order valence-electron chi connectivity index (χ4n) is 1.77. The third-order valence-corrected chi connectivity index (χ3v) is 4.15. The van der Waals surface area contributed by atoms with Crippen molar-refractivity contribution in [3.05, 3.63) is 51.2 Å². The predicted octanol–water partition coefficient (Wildman–Crippen LogP) is 3.89. The van der Waals surface area contributed by atoms with Crippen molar-refractivity contribution in [1.29, 1.82) is 0 Å². The number of hydrogen-bond acceptors (Lipinski definition) is 4. The number of carboxylic acids is 1. The molecular formula is C14H9IN2O3S. The van der Waals surface area contributed by atoms with Crippen LogP contribution in [0.5, 0.6) is 11.6 Å². The monoisotopic (exact) mass is 412 g/mol. The van der Waals surface area contributed by atoms with Crippen molar-refractivity contribution in [3.63, 3.8) is 0 Å². The van der Waals surface area contributed by atoms with E-state index in [1.807, 2.05) is 35.8 Å². The van der Waals surface area contributed by atoms with Crippen LogP contribution in [0.1, 0.15) is 5.69 Å². The van der Waals surface area contributed by atoms with Gasteiger partial charge in [0, 0.05) is 21.2 Å². The summed E-state index contributed by atoms with van der Waals surface area (Å²) in [6.07, 6.45) is 4.38. The highest BCUT2D eigenvalue weighted by Gasteiger charge is 2.13. The number of aromatic nitrogens is 2. The van der Waals surface area contributed by atoms with Crippen LogP contribution < -0.4 is 4.74 Å². The molecular weight excluding hydrogens is 403 g/mol. The fraction of sp³-hybridized carbons (Fsp3) is 0. The maximum Gasteiger partial charge on any atom is 0.328 e. The molecule has 0 aliphatic rings. The largest absolute Gasteiger partial charge is 0.478 e. The van der Waals surface area contributed by atoms with Gasteiger partial charge in [0.2, 0.25) is 5.88 Å². The lowest BCUT2D eigenvalue weighted by atomic mass is 10.3. The Labute approximate surface area is 137 Å². The van der Waals surface area contributed by atoms with Crippen molar-refractivity contribution >= 4 is 50.9 Å². The Balaban J connectivity index is 2.00. The molecule has 2 aromatic heterocycles. The molecule has 0 bridgehead atoms. The van der Waals surface area contributed by atoms with Gasteiger partial charge in [-0.05, 0) is 52.9 Å². The van der Waals surface area contributed by atoms with E-state index in [4.69, 9.17) is 9.84 Å². The lowest BCUT2D eigenvalue weighted by molar-refractivity contribution is -0.131. The van der Waals surface area contributed by atoms with E-state index in [2.05, 4.69) is 27.6 Å². The van der Waals surface area contributed by atoms with Crippen LogP contribution in [0.4, 0.5) is 0 Å². The molecule has 0 amide bonds. The topological polar surface area (TPSA) is 63.8 Å². The number of halogens is 1. The summed E-state index contributed by atoms with van der Waals surface area (Å²) in [6.45, 7) is 0. The van der Waals surface area contributed by atoms with Crippen LogP contribution in [0, 0.1) is 3.57 Å². The highest BCUT2D eigenvalue weighted by Crippen LogP contribution is 2.29. The van der Waals surface area contributed by atoms with Gasteiger partial charge in [-0.3, -0.25) is 4.40 Å². The lowest BCUT2D eigenvalue weighted by Gasteiger charge is -2.03. The summed E-state index contributed by atoms with van der Waals surface area (Å²) in [5, 5.41) is 10.7. The van der Waals surface area contributed by atoms with Crippen molar-refractivity contribution < 1.29 is 14.6 Å². The van der Waals surface area contributed by atoms with Gasteiger partial charge >= 0.3 is 5.97 Å². The number of imidazole rings is 1. The number of fused-ring (bicyclic) bond motifs is 1. The molecule has 3 aromatic rings. The van der Waals surface area contributed by atoms with Crippen LogP contribution >= 0.6 is 33.9 Å². The molecule has 21 heavy (non-hydrogen) atoms. The van der Waals surface area contributed by atoms with Crippen molar-refractivity contribution in [2.24, 2.45) is 0 Å². The van der Waals surface area contributed by atoms with Crippen LogP contribution in [0.3, 0.4) is 0 Å². The standard InChI is InChI=1S/C14H9IN2O3S/c15-9-1-3-10(4-2-9)20-13-11(5-6-12(18)19)17-7-8-21-14(17)16-13/h1-8H,(H,18,19)/b6-5+. The number of carbonyl (C=O) groups is 1. The van der Waals surface area contributed by atoms with Gasteiger partial charge in [-0.1, -0.05) is 0 Å². The molecule has 0 fully saturated rings. The molecule has 0 spiro atoms. The second kappa shape index (κ2) is 5.86. The molecule has 0 aliphatic carbocycles. The van der Waals surface area contributed by atoms with Gasteiger partial charge < -0.3 is 9.84 Å². The van der Waals surface area contributed by atoms with Gasteiger partial charge in [0.25, 0.3) is 0 Å². The Morgan fingerprint density at radius 2 is 2.14 bits per heavy atom. The highest BCUT2D eigenvalue weighted by molar-refractivity contribution is 14.1. The molecule has 3 rings (SSSR count). The fourth-order valence-corrected chi connectivity index (χ4v) is 2.85. The van der Waals surface area contributed by atoms with Gasteiger partial charge in [-0.15, -0.1) is 11.3 Å². The Morgan fingerprint density at radius 1 is 1.38 bits per heavy atom. The number of nitrogens with zero attached hydrogens (tertiary/aromatic N) is 2.